The maximum atomic E-state index is 13.0. The summed E-state index contributed by atoms with van der Waals surface area (Å²) in [5, 5.41) is 6.83. The SMILES string of the molecule is CON(C)C(=O)C(NC(C)=O)C1CC(=C2SCCCS2)CC1NC(=O)OC(C)(C)C. The minimum atomic E-state index is -0.816. The molecule has 10 heteroatoms. The molecular formula is C20H33N3O5S2. The Kier molecular flexibility index (Phi) is 8.93. The Morgan fingerprint density at radius 1 is 1.17 bits per heavy atom. The second-order valence-electron chi connectivity index (χ2n) is 8.46. The van der Waals surface area contributed by atoms with Crippen molar-refractivity contribution in [3.05, 3.63) is 9.81 Å². The molecule has 30 heavy (non-hydrogen) atoms. The maximum Gasteiger partial charge on any atom is 0.407 e. The Labute approximate surface area is 187 Å². The van der Waals surface area contributed by atoms with Gasteiger partial charge in [-0.25, -0.2) is 9.86 Å². The summed E-state index contributed by atoms with van der Waals surface area (Å²) in [6.07, 6.45) is 1.88. The minimum absolute atomic E-state index is 0.308. The lowest BCUT2D eigenvalue weighted by molar-refractivity contribution is -0.173. The third-order valence-electron chi connectivity index (χ3n) is 4.85. The molecule has 1 saturated carbocycles. The van der Waals surface area contributed by atoms with Crippen molar-refractivity contribution in [3.63, 3.8) is 0 Å². The molecule has 2 rings (SSSR count). The van der Waals surface area contributed by atoms with Gasteiger partial charge in [-0.1, -0.05) is 0 Å². The van der Waals surface area contributed by atoms with E-state index in [4.69, 9.17) is 9.57 Å². The van der Waals surface area contributed by atoms with Crippen LogP contribution in [0.15, 0.2) is 9.81 Å². The molecule has 0 spiro atoms. The van der Waals surface area contributed by atoms with Crippen molar-refractivity contribution < 1.29 is 24.0 Å². The number of hydrogen-bond donors (Lipinski definition) is 2. The van der Waals surface area contributed by atoms with Crippen molar-refractivity contribution in [2.45, 2.75) is 64.6 Å². The first-order valence-corrected chi connectivity index (χ1v) is 12.0. The van der Waals surface area contributed by atoms with Crippen molar-refractivity contribution in [1.82, 2.24) is 15.7 Å². The molecule has 1 heterocycles. The number of hydrogen-bond acceptors (Lipinski definition) is 7. The number of nitrogens with zero attached hydrogens (tertiary/aromatic N) is 1. The normalized spacial score (nSPS) is 23.0. The number of thioether (sulfide) groups is 2. The first-order chi connectivity index (χ1) is 14.0. The van der Waals surface area contributed by atoms with E-state index in [0.29, 0.717) is 12.8 Å². The number of amides is 3. The molecule has 0 aromatic carbocycles. The average Bonchev–Trinajstić information content (AvgIpc) is 3.07. The van der Waals surface area contributed by atoms with Crippen molar-refractivity contribution in [2.24, 2.45) is 5.92 Å². The van der Waals surface area contributed by atoms with Gasteiger partial charge in [0.1, 0.15) is 11.6 Å². The quantitative estimate of drug-likeness (QED) is 0.610. The predicted octanol–water partition coefficient (Wildman–Crippen LogP) is 2.90. The highest BCUT2D eigenvalue weighted by atomic mass is 32.2. The van der Waals surface area contributed by atoms with E-state index < -0.39 is 17.7 Å². The van der Waals surface area contributed by atoms with E-state index in [9.17, 15) is 14.4 Å². The van der Waals surface area contributed by atoms with Crippen LogP contribution in [0.25, 0.3) is 0 Å². The summed E-state index contributed by atoms with van der Waals surface area (Å²) in [6.45, 7) is 6.79. The maximum absolute atomic E-state index is 13.0. The van der Waals surface area contributed by atoms with E-state index in [1.807, 2.05) is 23.5 Å². The van der Waals surface area contributed by atoms with Gasteiger partial charge >= 0.3 is 6.09 Å². The highest BCUT2D eigenvalue weighted by Crippen LogP contribution is 2.45. The van der Waals surface area contributed by atoms with Crippen LogP contribution >= 0.6 is 23.5 Å². The van der Waals surface area contributed by atoms with Crippen LogP contribution in [0.1, 0.15) is 47.0 Å². The van der Waals surface area contributed by atoms with Crippen LogP contribution in [0.4, 0.5) is 4.79 Å². The molecule has 3 atom stereocenters. The molecule has 3 amide bonds. The van der Waals surface area contributed by atoms with E-state index in [2.05, 4.69) is 10.6 Å². The predicted molar refractivity (Wildman–Crippen MR) is 120 cm³/mol. The lowest BCUT2D eigenvalue weighted by Gasteiger charge is -2.31. The molecule has 2 N–H and O–H groups in total. The number of hydroxylamine groups is 2. The zero-order valence-electron chi connectivity index (χ0n) is 18.6. The molecule has 1 saturated heterocycles. The summed E-state index contributed by atoms with van der Waals surface area (Å²) in [5.74, 6) is 1.17. The zero-order valence-corrected chi connectivity index (χ0v) is 20.2. The van der Waals surface area contributed by atoms with Crippen LogP contribution in [0.5, 0.6) is 0 Å². The second kappa shape index (κ2) is 10.8. The molecule has 8 nitrogen and oxygen atoms in total. The highest BCUT2D eigenvalue weighted by molar-refractivity contribution is 8.22. The summed E-state index contributed by atoms with van der Waals surface area (Å²) in [7, 11) is 2.91. The Morgan fingerprint density at radius 3 is 2.33 bits per heavy atom. The summed E-state index contributed by atoms with van der Waals surface area (Å²) in [4.78, 5) is 42.4. The molecule has 2 fully saturated rings. The number of carbonyl (C=O) groups excluding carboxylic acids is 3. The van der Waals surface area contributed by atoms with Gasteiger partial charge < -0.3 is 15.4 Å². The first-order valence-electron chi connectivity index (χ1n) is 10.1. The van der Waals surface area contributed by atoms with Gasteiger partial charge in [0.15, 0.2) is 0 Å². The molecule has 1 aliphatic carbocycles. The van der Waals surface area contributed by atoms with Crippen molar-refractivity contribution in [1.29, 1.82) is 0 Å². The van der Waals surface area contributed by atoms with Crippen molar-refractivity contribution in [2.75, 3.05) is 25.7 Å². The first kappa shape index (κ1) is 24.9. The third-order valence-corrected chi connectivity index (χ3v) is 7.64. The second-order valence-corrected chi connectivity index (χ2v) is 10.9. The molecule has 3 unspecified atom stereocenters. The fourth-order valence-corrected chi connectivity index (χ4v) is 6.26. The van der Waals surface area contributed by atoms with Gasteiger partial charge in [-0.2, -0.15) is 0 Å². The van der Waals surface area contributed by atoms with Gasteiger partial charge in [0.2, 0.25) is 5.91 Å². The van der Waals surface area contributed by atoms with Crippen LogP contribution in [-0.4, -0.2) is 66.3 Å². The Balaban J connectivity index is 2.31. The number of carbonyl (C=O) groups is 3. The van der Waals surface area contributed by atoms with Crippen LogP contribution in [0, 0.1) is 5.92 Å². The van der Waals surface area contributed by atoms with Gasteiger partial charge in [-0.05, 0) is 57.1 Å². The highest BCUT2D eigenvalue weighted by Gasteiger charge is 2.43. The minimum Gasteiger partial charge on any atom is -0.444 e. The zero-order chi connectivity index (χ0) is 22.5. The fraction of sp³-hybridized carbons (Fsp3) is 0.750. The molecule has 0 aromatic rings. The summed E-state index contributed by atoms with van der Waals surface area (Å²) < 4.78 is 6.71. The van der Waals surface area contributed by atoms with Gasteiger partial charge in [0, 0.05) is 30.2 Å². The molecule has 170 valence electrons. The lowest BCUT2D eigenvalue weighted by atomic mass is 9.93. The Hall–Kier alpha value is -1.39. The summed E-state index contributed by atoms with van der Waals surface area (Å²) in [6, 6.07) is -1.15. The van der Waals surface area contributed by atoms with E-state index >= 15 is 0 Å². The van der Waals surface area contributed by atoms with Gasteiger partial charge in [-0.15, -0.1) is 23.5 Å². The molecule has 0 bridgehead atoms. The standard InChI is InChI=1S/C20H33N3O5S2/c1-12(24)21-16(17(25)23(5)27-6)14-10-13(18-29-8-7-9-30-18)11-15(14)22-19(26)28-20(2,3)4/h14-16H,7-11H2,1-6H3,(H,21,24)(H,22,26). The van der Waals surface area contributed by atoms with E-state index in [1.165, 1.54) is 37.3 Å². The van der Waals surface area contributed by atoms with E-state index in [-0.39, 0.29) is 23.8 Å². The largest absolute Gasteiger partial charge is 0.444 e. The molecule has 0 radical (unpaired) electrons. The third kappa shape index (κ3) is 7.09. The van der Waals surface area contributed by atoms with Crippen LogP contribution in [0.3, 0.4) is 0 Å². The van der Waals surface area contributed by atoms with E-state index in [1.54, 1.807) is 20.8 Å². The van der Waals surface area contributed by atoms with Gasteiger partial charge in [0.05, 0.1) is 7.11 Å². The van der Waals surface area contributed by atoms with Crippen LogP contribution in [-0.2, 0) is 19.2 Å². The van der Waals surface area contributed by atoms with Crippen LogP contribution in [0.2, 0.25) is 0 Å². The van der Waals surface area contributed by atoms with Gasteiger partial charge in [-0.3, -0.25) is 14.4 Å². The Morgan fingerprint density at radius 2 is 1.80 bits per heavy atom. The number of ether oxygens (including phenoxy) is 1. The van der Waals surface area contributed by atoms with Crippen molar-refractivity contribution in [3.8, 4) is 0 Å². The number of rotatable bonds is 5. The molecular weight excluding hydrogens is 426 g/mol. The lowest BCUT2D eigenvalue weighted by Crippen LogP contribution is -2.55. The summed E-state index contributed by atoms with van der Waals surface area (Å²) in [5.41, 5.74) is 0.594. The number of alkyl carbamates (subject to hydrolysis) is 1. The molecule has 2 aliphatic rings. The van der Waals surface area contributed by atoms with Crippen molar-refractivity contribution >= 4 is 41.4 Å². The topological polar surface area (TPSA) is 97.0 Å². The molecule has 1 aliphatic heterocycles. The smallest absolute Gasteiger partial charge is 0.407 e. The fourth-order valence-electron chi connectivity index (χ4n) is 3.55. The average molecular weight is 460 g/mol. The van der Waals surface area contributed by atoms with Crippen LogP contribution < -0.4 is 10.6 Å². The monoisotopic (exact) mass is 459 g/mol. The van der Waals surface area contributed by atoms with E-state index in [0.717, 1.165) is 16.6 Å². The number of nitrogens with one attached hydrogen (secondary N) is 2. The molecule has 0 aromatic heterocycles. The Bertz CT molecular complexity index is 684. The summed E-state index contributed by atoms with van der Waals surface area (Å²) >= 11 is 3.66. The number of likely N-dealkylation sites (N-methyl/N-ethyl adjacent to an activating group) is 1. The van der Waals surface area contributed by atoms with Gasteiger partial charge in [0.25, 0.3) is 5.91 Å².